The Balaban J connectivity index is 3.06. The topological polar surface area (TPSA) is 70.7 Å². The van der Waals surface area contributed by atoms with E-state index >= 15 is 0 Å². The van der Waals surface area contributed by atoms with Gasteiger partial charge in [-0.1, -0.05) is 19.8 Å². The van der Waals surface area contributed by atoms with E-state index in [1.54, 1.807) is 11.8 Å². The number of thiocarbonyl (C=S) groups is 1. The summed E-state index contributed by atoms with van der Waals surface area (Å²) in [5, 5.41) is 7.17. The molecule has 6 nitrogen and oxygen atoms in total. The number of anilines is 1. The molecule has 0 spiro atoms. The molecule has 0 fully saturated rings. The zero-order valence-corrected chi connectivity index (χ0v) is 17.9. The average Bonchev–Trinajstić information content (AvgIpc) is 2.95. The van der Waals surface area contributed by atoms with Gasteiger partial charge in [0.2, 0.25) is 0 Å². The maximum absolute atomic E-state index is 12.7. The smallest absolute Gasteiger partial charge is 0.341 e. The van der Waals surface area contributed by atoms with Gasteiger partial charge in [0.15, 0.2) is 5.11 Å². The van der Waals surface area contributed by atoms with Gasteiger partial charge in [0, 0.05) is 19.6 Å². The number of ether oxygens (including phenoxy) is 1. The lowest BCUT2D eigenvalue weighted by molar-refractivity contribution is 0.0601. The summed E-state index contributed by atoms with van der Waals surface area (Å²) in [5.74, 6) is -0.564. The molecule has 0 saturated carbocycles. The number of hydrogen-bond acceptors (Lipinski definition) is 5. The van der Waals surface area contributed by atoms with Gasteiger partial charge in [-0.05, 0) is 45.0 Å². The summed E-state index contributed by atoms with van der Waals surface area (Å²) in [5.41, 5.74) is 0.987. The Morgan fingerprint density at radius 1 is 1.19 bits per heavy atom. The summed E-state index contributed by atoms with van der Waals surface area (Å²) in [6, 6.07) is 0. The van der Waals surface area contributed by atoms with Crippen molar-refractivity contribution in [2.24, 2.45) is 0 Å². The van der Waals surface area contributed by atoms with Crippen molar-refractivity contribution in [1.82, 2.24) is 10.2 Å². The second-order valence-corrected chi connectivity index (χ2v) is 7.25. The maximum Gasteiger partial charge on any atom is 0.341 e. The molecule has 0 aromatic carbocycles. The van der Waals surface area contributed by atoms with Gasteiger partial charge in [-0.3, -0.25) is 4.79 Å². The molecule has 1 rings (SSSR count). The monoisotopic (exact) mass is 399 g/mol. The van der Waals surface area contributed by atoms with E-state index in [0.29, 0.717) is 39.2 Å². The summed E-state index contributed by atoms with van der Waals surface area (Å²) in [4.78, 5) is 27.2. The Hall–Kier alpha value is -1.67. The van der Waals surface area contributed by atoms with Crippen LogP contribution in [0.15, 0.2) is 0 Å². The molecule has 26 heavy (non-hydrogen) atoms. The Labute approximate surface area is 165 Å². The van der Waals surface area contributed by atoms with Crippen molar-refractivity contribution in [3.05, 3.63) is 16.0 Å². The standard InChI is InChI=1S/C18H29N3O3S2/c1-6-9-10-11-19-18(25)20-15-13(17(23)24-5)12(4)14(26-15)16(22)21(7-2)8-3/h6-11H2,1-5H3,(H2,19,20,25). The molecule has 1 amide bonds. The molecule has 2 N–H and O–H groups in total. The highest BCUT2D eigenvalue weighted by Gasteiger charge is 2.27. The second-order valence-electron chi connectivity index (χ2n) is 5.82. The van der Waals surface area contributed by atoms with E-state index in [1.165, 1.54) is 18.4 Å². The van der Waals surface area contributed by atoms with Crippen molar-refractivity contribution in [1.29, 1.82) is 0 Å². The molecule has 1 heterocycles. The molecule has 8 heteroatoms. The van der Waals surface area contributed by atoms with Crippen LogP contribution in [0.25, 0.3) is 0 Å². The van der Waals surface area contributed by atoms with E-state index in [9.17, 15) is 9.59 Å². The number of rotatable bonds is 9. The zero-order valence-electron chi connectivity index (χ0n) is 16.2. The van der Waals surface area contributed by atoms with Gasteiger partial charge in [-0.25, -0.2) is 4.79 Å². The molecule has 146 valence electrons. The van der Waals surface area contributed by atoms with Crippen LogP contribution in [-0.4, -0.2) is 48.6 Å². The van der Waals surface area contributed by atoms with Crippen molar-refractivity contribution < 1.29 is 14.3 Å². The highest BCUT2D eigenvalue weighted by atomic mass is 32.1. The quantitative estimate of drug-likeness (QED) is 0.374. The first-order valence-corrected chi connectivity index (χ1v) is 10.2. The zero-order chi connectivity index (χ0) is 19.7. The third kappa shape index (κ3) is 5.67. The molecular weight excluding hydrogens is 370 g/mol. The molecule has 0 unspecified atom stereocenters. The molecule has 0 bridgehead atoms. The van der Waals surface area contributed by atoms with Gasteiger partial charge in [-0.15, -0.1) is 11.3 Å². The molecule has 0 aliphatic heterocycles. The van der Waals surface area contributed by atoms with Gasteiger partial charge in [-0.2, -0.15) is 0 Å². The number of nitrogens with one attached hydrogen (secondary N) is 2. The van der Waals surface area contributed by atoms with Crippen LogP contribution >= 0.6 is 23.6 Å². The van der Waals surface area contributed by atoms with Gasteiger partial charge in [0.05, 0.1) is 17.6 Å². The predicted molar refractivity (Wildman–Crippen MR) is 111 cm³/mol. The molecule has 1 aromatic heterocycles. The van der Waals surface area contributed by atoms with Gasteiger partial charge >= 0.3 is 5.97 Å². The van der Waals surface area contributed by atoms with Crippen molar-refractivity contribution in [3.63, 3.8) is 0 Å². The number of nitrogens with zero attached hydrogens (tertiary/aromatic N) is 1. The first-order chi connectivity index (χ1) is 12.4. The third-order valence-electron chi connectivity index (χ3n) is 4.07. The maximum atomic E-state index is 12.7. The lowest BCUT2D eigenvalue weighted by atomic mass is 10.1. The minimum Gasteiger partial charge on any atom is -0.465 e. The fourth-order valence-corrected chi connectivity index (χ4v) is 3.97. The van der Waals surface area contributed by atoms with E-state index < -0.39 is 5.97 Å². The molecule has 0 aliphatic rings. The lowest BCUT2D eigenvalue weighted by Gasteiger charge is -2.17. The lowest BCUT2D eigenvalue weighted by Crippen LogP contribution is -2.30. The Kier molecular flexibility index (Phi) is 9.58. The first kappa shape index (κ1) is 22.4. The normalized spacial score (nSPS) is 10.3. The Bertz CT molecular complexity index is 640. The molecule has 0 atom stereocenters. The first-order valence-electron chi connectivity index (χ1n) is 8.96. The highest BCUT2D eigenvalue weighted by molar-refractivity contribution is 7.80. The molecular formula is C18H29N3O3S2. The van der Waals surface area contributed by atoms with E-state index in [4.69, 9.17) is 17.0 Å². The fourth-order valence-electron chi connectivity index (χ4n) is 2.53. The summed E-state index contributed by atoms with van der Waals surface area (Å²) in [6.45, 7) is 9.76. The van der Waals surface area contributed by atoms with Crippen LogP contribution in [0.3, 0.4) is 0 Å². The number of methoxy groups -OCH3 is 1. The van der Waals surface area contributed by atoms with E-state index in [-0.39, 0.29) is 5.91 Å². The highest BCUT2D eigenvalue weighted by Crippen LogP contribution is 2.34. The number of unbranched alkanes of at least 4 members (excludes halogenated alkanes) is 2. The number of amides is 1. The minimum atomic E-state index is -0.478. The molecule has 0 saturated heterocycles. The molecule has 0 radical (unpaired) electrons. The fraction of sp³-hybridized carbons (Fsp3) is 0.611. The van der Waals surface area contributed by atoms with Crippen molar-refractivity contribution in [3.8, 4) is 0 Å². The van der Waals surface area contributed by atoms with Crippen molar-refractivity contribution in [2.75, 3.05) is 32.1 Å². The Morgan fingerprint density at radius 3 is 2.38 bits per heavy atom. The van der Waals surface area contributed by atoms with Gasteiger partial charge < -0.3 is 20.3 Å². The van der Waals surface area contributed by atoms with Crippen LogP contribution in [0.1, 0.15) is 65.6 Å². The van der Waals surface area contributed by atoms with Crippen LogP contribution in [0.2, 0.25) is 0 Å². The third-order valence-corrected chi connectivity index (χ3v) is 5.52. The van der Waals surface area contributed by atoms with Crippen molar-refractivity contribution in [2.45, 2.75) is 47.0 Å². The summed E-state index contributed by atoms with van der Waals surface area (Å²) in [7, 11) is 1.33. The van der Waals surface area contributed by atoms with Crippen LogP contribution in [0.5, 0.6) is 0 Å². The van der Waals surface area contributed by atoms with Gasteiger partial charge in [0.1, 0.15) is 5.00 Å². The van der Waals surface area contributed by atoms with Crippen LogP contribution < -0.4 is 10.6 Å². The van der Waals surface area contributed by atoms with Crippen LogP contribution in [0.4, 0.5) is 5.00 Å². The van der Waals surface area contributed by atoms with E-state index in [2.05, 4.69) is 17.6 Å². The predicted octanol–water partition coefficient (Wildman–Crippen LogP) is 3.80. The summed E-state index contributed by atoms with van der Waals surface area (Å²) < 4.78 is 4.90. The van der Waals surface area contributed by atoms with Gasteiger partial charge in [0.25, 0.3) is 5.91 Å². The Morgan fingerprint density at radius 2 is 1.85 bits per heavy atom. The number of hydrogen-bond donors (Lipinski definition) is 2. The minimum absolute atomic E-state index is 0.0856. The SMILES string of the molecule is CCCCCNC(=S)Nc1sc(C(=O)N(CC)CC)c(C)c1C(=O)OC. The number of carbonyl (C=O) groups is 2. The van der Waals surface area contributed by atoms with Crippen LogP contribution in [-0.2, 0) is 4.74 Å². The number of esters is 1. The number of thiophene rings is 1. The molecule has 0 aliphatic carbocycles. The second kappa shape index (κ2) is 11.1. The van der Waals surface area contributed by atoms with E-state index in [1.807, 2.05) is 13.8 Å². The average molecular weight is 400 g/mol. The summed E-state index contributed by atoms with van der Waals surface area (Å²) >= 11 is 6.56. The summed E-state index contributed by atoms with van der Waals surface area (Å²) in [6.07, 6.45) is 3.29. The number of carbonyl (C=O) groups excluding carboxylic acids is 2. The van der Waals surface area contributed by atoms with E-state index in [0.717, 1.165) is 25.8 Å². The largest absolute Gasteiger partial charge is 0.465 e. The van der Waals surface area contributed by atoms with Crippen molar-refractivity contribution >= 4 is 45.5 Å². The molecule has 1 aromatic rings. The van der Waals surface area contributed by atoms with Crippen LogP contribution in [0, 0.1) is 6.92 Å².